The fraction of sp³-hybridized carbons (Fsp3) is 0.386. The highest BCUT2D eigenvalue weighted by Crippen LogP contribution is 2.32. The van der Waals surface area contributed by atoms with Crippen LogP contribution in [0.3, 0.4) is 0 Å². The lowest BCUT2D eigenvalue weighted by molar-refractivity contribution is -0.300. The summed E-state index contributed by atoms with van der Waals surface area (Å²) in [7, 11) is 0. The van der Waals surface area contributed by atoms with Gasteiger partial charge < -0.3 is 48.8 Å². The number of carboxylic acid groups (broad SMARTS) is 1. The molecule has 0 aliphatic carbocycles. The number of halogens is 7. The molecule has 6 aromatic heterocycles. The summed E-state index contributed by atoms with van der Waals surface area (Å²) in [5.41, 5.74) is 3.02. The summed E-state index contributed by atoms with van der Waals surface area (Å²) in [4.78, 5) is 49.6. The monoisotopic (exact) mass is 1220 g/mol. The molecule has 462 valence electrons. The van der Waals surface area contributed by atoms with Crippen molar-refractivity contribution in [1.29, 1.82) is 0 Å². The molecule has 87 heavy (non-hydrogen) atoms. The number of alkyl halides is 3. The van der Waals surface area contributed by atoms with Crippen molar-refractivity contribution in [1.82, 2.24) is 49.8 Å². The first kappa shape index (κ1) is 63.9. The molecule has 2 saturated heterocycles. The van der Waals surface area contributed by atoms with Crippen LogP contribution in [0, 0.1) is 23.3 Å². The predicted octanol–water partition coefficient (Wildman–Crippen LogP) is 9.59. The van der Waals surface area contributed by atoms with Crippen LogP contribution < -0.4 is 10.6 Å². The molecule has 2 aliphatic rings. The van der Waals surface area contributed by atoms with Crippen LogP contribution in [0.2, 0.25) is 0 Å². The smallest absolute Gasteiger partial charge is 0.475 e. The van der Waals surface area contributed by atoms with Crippen molar-refractivity contribution >= 4 is 29.5 Å². The fourth-order valence-corrected chi connectivity index (χ4v) is 9.03. The highest BCUT2D eigenvalue weighted by molar-refractivity contribution is 5.73. The van der Waals surface area contributed by atoms with Crippen molar-refractivity contribution in [2.24, 2.45) is 0 Å². The molecule has 0 bridgehead atoms. The second-order valence-corrected chi connectivity index (χ2v) is 21.2. The van der Waals surface area contributed by atoms with E-state index in [0.717, 1.165) is 12.4 Å². The number of carbonyl (C=O) groups excluding carboxylic acids is 2. The van der Waals surface area contributed by atoms with Gasteiger partial charge in [-0.15, -0.1) is 0 Å². The molecule has 0 unspecified atom stereocenters. The summed E-state index contributed by atoms with van der Waals surface area (Å²) in [6.07, 6.45) is -0.201. The van der Waals surface area contributed by atoms with E-state index in [1.165, 1.54) is 24.7 Å². The highest BCUT2D eigenvalue weighted by Gasteiger charge is 2.39. The first-order chi connectivity index (χ1) is 41.2. The zero-order valence-electron chi connectivity index (χ0n) is 47.3. The lowest BCUT2D eigenvalue weighted by Gasteiger charge is -2.40. The third-order valence-electron chi connectivity index (χ3n) is 12.7. The summed E-state index contributed by atoms with van der Waals surface area (Å²) in [5.74, 6) is -6.21. The van der Waals surface area contributed by atoms with Gasteiger partial charge in [0, 0.05) is 55.6 Å². The van der Waals surface area contributed by atoms with E-state index in [2.05, 4.69) is 51.1 Å². The lowest BCUT2D eigenvalue weighted by Crippen LogP contribution is -2.46. The molecule has 0 amide bonds. The number of benzene rings is 2. The quantitative estimate of drug-likeness (QED) is 0.0459. The van der Waals surface area contributed by atoms with Crippen LogP contribution in [0.25, 0.3) is 45.8 Å². The van der Waals surface area contributed by atoms with Crippen LogP contribution in [-0.2, 0) is 46.4 Å². The minimum Gasteiger partial charge on any atom is -0.475 e. The number of esters is 2. The van der Waals surface area contributed by atoms with Crippen molar-refractivity contribution in [2.75, 3.05) is 23.7 Å². The van der Waals surface area contributed by atoms with E-state index in [4.69, 9.17) is 37.9 Å². The Balaban J connectivity index is 0.000000206. The van der Waals surface area contributed by atoms with E-state index in [9.17, 15) is 45.4 Å². The number of nitrogens with one attached hydrogen (secondary N) is 2. The van der Waals surface area contributed by atoms with Crippen LogP contribution in [0.4, 0.5) is 42.4 Å². The van der Waals surface area contributed by atoms with Crippen molar-refractivity contribution in [3.8, 4) is 45.8 Å². The molecule has 8 heterocycles. The second kappa shape index (κ2) is 27.9. The average Bonchev–Trinajstić information content (AvgIpc) is 2.49. The molecule has 2 aliphatic heterocycles. The summed E-state index contributed by atoms with van der Waals surface area (Å²) >= 11 is 0. The molecule has 30 heteroatoms. The van der Waals surface area contributed by atoms with E-state index in [1.807, 2.05) is 20.8 Å². The van der Waals surface area contributed by atoms with Gasteiger partial charge in [0.25, 0.3) is 0 Å². The van der Waals surface area contributed by atoms with E-state index in [1.54, 1.807) is 83.9 Å². The first-order valence-corrected chi connectivity index (χ1v) is 27.0. The number of carbonyl (C=O) groups is 3. The molecular weight excluding hydrogens is 1160 g/mol. The molecule has 8 aromatic rings. The number of aliphatic hydroxyl groups excluding tert-OH is 1. The Morgan fingerprint density at radius 3 is 1.60 bits per heavy atom. The van der Waals surface area contributed by atoms with Crippen LogP contribution in [0.5, 0.6) is 0 Å². The Bertz CT molecular complexity index is 3620. The van der Waals surface area contributed by atoms with E-state index < -0.39 is 53.3 Å². The number of aliphatic carboxylic acids is 1. The molecule has 23 nitrogen and oxygen atoms in total. The number of ether oxygens (including phenoxy) is 4. The SMILES string of the molecule is CC(C)(C)OC(=O)C[C@H]1C[C@@H](CCNc2nc(-c3cc(-c4ccon4)n(Cc4ccccc4F)n3)ncc2F)OC(C)(C)O1.O=C(O)C(F)(F)F.O=C1C[C@H](O)C[C@@H](CCNc2nc(-c3cc(-c4ccon4)n(Cc4ccccc4F)n3)ncc2F)O1. The van der Waals surface area contributed by atoms with Gasteiger partial charge in [-0.05, 0) is 65.3 Å². The van der Waals surface area contributed by atoms with E-state index in [-0.39, 0.29) is 85.6 Å². The third kappa shape index (κ3) is 18.2. The van der Waals surface area contributed by atoms with Crippen molar-refractivity contribution < 1.29 is 83.3 Å². The largest absolute Gasteiger partial charge is 0.490 e. The molecule has 0 radical (unpaired) electrons. The van der Waals surface area contributed by atoms with Gasteiger partial charge in [0.05, 0.1) is 68.0 Å². The lowest BCUT2D eigenvalue weighted by atomic mass is 10.0. The standard InChI is InChI=1S/C31H36F2N6O5.C24H22F2N6O4.C2HF3O2/c1-30(2,3)44-27(40)15-21-14-20(42-31(4,5)43-21)10-12-34-28-23(33)17-35-29(36-28)25-16-26(24-11-13-41-38-24)39(37-25)18-19-8-6-7-9-22(19)32;25-17-4-2-1-3-14(17)13-32-21(19-6-8-35-31-19)11-20(30-32)24-28-12-18(26)23(29-24)27-7-5-16-9-15(33)10-22(34)36-16;3-2(4,5)1(6)7/h6-9,11,13,16-17,20-21H,10,12,14-15,18H2,1-5H3,(H,34,35,36);1-4,6,8,11-12,15-16,33H,5,7,9-10,13H2,(H,27,28,29);(H,6,7)/t20-,21-;15-,16-;/m11./s1. The van der Waals surface area contributed by atoms with Gasteiger partial charge in [-0.25, -0.2) is 42.3 Å². The first-order valence-electron chi connectivity index (χ1n) is 27.0. The predicted molar refractivity (Wildman–Crippen MR) is 292 cm³/mol. The molecule has 2 aromatic carbocycles. The molecule has 2 fully saturated rings. The molecular formula is C57H59F7N12O11. The van der Waals surface area contributed by atoms with Crippen molar-refractivity contribution in [2.45, 2.75) is 128 Å². The second-order valence-electron chi connectivity index (χ2n) is 21.2. The number of hydrogen-bond donors (Lipinski definition) is 4. The van der Waals surface area contributed by atoms with Gasteiger partial charge in [0.2, 0.25) is 0 Å². The maximum Gasteiger partial charge on any atom is 0.490 e. The average molecular weight is 1220 g/mol. The summed E-state index contributed by atoms with van der Waals surface area (Å²) < 4.78 is 125. The maximum absolute atomic E-state index is 14.8. The molecule has 0 saturated carbocycles. The van der Waals surface area contributed by atoms with E-state index >= 15 is 0 Å². The zero-order chi connectivity index (χ0) is 62.6. The fourth-order valence-electron chi connectivity index (χ4n) is 9.03. The maximum atomic E-state index is 14.8. The van der Waals surface area contributed by atoms with E-state index in [0.29, 0.717) is 77.5 Å². The Morgan fingerprint density at radius 1 is 0.690 bits per heavy atom. The Morgan fingerprint density at radius 2 is 1.16 bits per heavy atom. The number of anilines is 2. The number of aromatic nitrogens is 10. The molecule has 4 N–H and O–H groups in total. The summed E-state index contributed by atoms with van der Waals surface area (Å²) in [6, 6.07) is 19.4. The van der Waals surface area contributed by atoms with Gasteiger partial charge in [0.1, 0.15) is 58.6 Å². The Hall–Kier alpha value is -9.16. The van der Waals surface area contributed by atoms with Crippen molar-refractivity contribution in [3.05, 3.63) is 132 Å². The van der Waals surface area contributed by atoms with Crippen molar-refractivity contribution in [3.63, 3.8) is 0 Å². The Kier molecular flexibility index (Phi) is 20.5. The molecule has 10 rings (SSSR count). The minimum absolute atomic E-state index is 0.00161. The minimum atomic E-state index is -5.08. The number of cyclic esters (lactones) is 1. The van der Waals surface area contributed by atoms with Crippen LogP contribution in [0.1, 0.15) is 84.3 Å². The van der Waals surface area contributed by atoms with Crippen LogP contribution in [-0.4, -0.2) is 133 Å². The topological polar surface area (TPSA) is 292 Å². The summed E-state index contributed by atoms with van der Waals surface area (Å²) in [5, 5.41) is 39.8. The van der Waals surface area contributed by atoms with Gasteiger partial charge in [-0.3, -0.25) is 19.0 Å². The zero-order valence-corrected chi connectivity index (χ0v) is 47.3. The highest BCUT2D eigenvalue weighted by atomic mass is 19.4. The Labute approximate surface area is 491 Å². The molecule has 0 spiro atoms. The number of nitrogens with zero attached hydrogens (tertiary/aromatic N) is 10. The number of hydrogen-bond acceptors (Lipinski definition) is 20. The number of carboxylic acids is 1. The third-order valence-corrected chi connectivity index (χ3v) is 12.7. The number of aliphatic hydroxyl groups is 1. The summed E-state index contributed by atoms with van der Waals surface area (Å²) in [6.45, 7) is 9.87. The normalized spacial score (nSPS) is 17.5. The van der Waals surface area contributed by atoms with Gasteiger partial charge >= 0.3 is 24.1 Å². The number of rotatable bonds is 18. The van der Waals surface area contributed by atoms with Crippen LogP contribution >= 0.6 is 0 Å². The van der Waals surface area contributed by atoms with Gasteiger partial charge in [-0.2, -0.15) is 23.4 Å². The van der Waals surface area contributed by atoms with Gasteiger partial charge in [-0.1, -0.05) is 46.7 Å². The van der Waals surface area contributed by atoms with Gasteiger partial charge in [0.15, 0.2) is 40.7 Å². The molecule has 4 atom stereocenters. The van der Waals surface area contributed by atoms with Crippen LogP contribution in [0.15, 0.2) is 107 Å².